The average Bonchev–Trinajstić information content (AvgIpc) is 2.40. The van der Waals surface area contributed by atoms with Crippen LogP contribution in [0.1, 0.15) is 22.3 Å². The van der Waals surface area contributed by atoms with Gasteiger partial charge in [-0.25, -0.2) is 4.39 Å². The average molecular weight is 281 g/mol. The van der Waals surface area contributed by atoms with Gasteiger partial charge in [-0.3, -0.25) is 9.59 Å². The highest BCUT2D eigenvalue weighted by Crippen LogP contribution is 2.16. The summed E-state index contributed by atoms with van der Waals surface area (Å²) in [6.45, 7) is 2.54. The molecule has 0 bridgehead atoms. The first-order valence-corrected chi connectivity index (χ1v) is 6.36. The second-order valence-corrected chi connectivity index (χ2v) is 4.83. The minimum absolute atomic E-state index is 0.0148. The van der Waals surface area contributed by atoms with Gasteiger partial charge in [-0.2, -0.15) is 0 Å². The molecular weight excluding hydrogens is 265 g/mol. The van der Waals surface area contributed by atoms with Gasteiger partial charge in [-0.15, -0.1) is 0 Å². The number of hydrogen-bond acceptors (Lipinski definition) is 3. The molecule has 1 aromatic carbocycles. The van der Waals surface area contributed by atoms with Gasteiger partial charge in [0, 0.05) is 13.1 Å². The molecule has 1 aliphatic heterocycles. The zero-order valence-corrected chi connectivity index (χ0v) is 11.1. The first kappa shape index (κ1) is 14.5. The lowest BCUT2D eigenvalue weighted by molar-refractivity contribution is -0.141. The number of amides is 1. The minimum Gasteiger partial charge on any atom is -0.481 e. The van der Waals surface area contributed by atoms with Crippen molar-refractivity contribution in [3.63, 3.8) is 0 Å². The van der Waals surface area contributed by atoms with E-state index in [4.69, 9.17) is 9.84 Å². The fourth-order valence-electron chi connectivity index (χ4n) is 2.20. The minimum atomic E-state index is -0.981. The lowest BCUT2D eigenvalue weighted by atomic mass is 10.1. The summed E-state index contributed by atoms with van der Waals surface area (Å²) in [6.07, 6.45) is -0.710. The molecule has 1 aromatic rings. The van der Waals surface area contributed by atoms with Crippen molar-refractivity contribution in [2.75, 3.05) is 19.7 Å². The molecule has 1 fully saturated rings. The monoisotopic (exact) mass is 281 g/mol. The summed E-state index contributed by atoms with van der Waals surface area (Å²) in [5.74, 6) is -1.97. The number of benzene rings is 1. The lowest BCUT2D eigenvalue weighted by Gasteiger charge is -2.32. The molecule has 108 valence electrons. The molecule has 1 saturated heterocycles. The highest BCUT2D eigenvalue weighted by molar-refractivity contribution is 5.94. The maximum Gasteiger partial charge on any atom is 0.306 e. The maximum absolute atomic E-state index is 13.7. The highest BCUT2D eigenvalue weighted by Gasteiger charge is 2.27. The zero-order chi connectivity index (χ0) is 14.7. The Morgan fingerprint density at radius 1 is 1.50 bits per heavy atom. The Labute approximate surface area is 116 Å². The van der Waals surface area contributed by atoms with Crippen molar-refractivity contribution < 1.29 is 23.8 Å². The molecular formula is C14H16FNO4. The zero-order valence-electron chi connectivity index (χ0n) is 11.1. The number of carbonyl (C=O) groups excluding carboxylic acids is 1. The summed E-state index contributed by atoms with van der Waals surface area (Å²) in [4.78, 5) is 24.4. The molecule has 0 radical (unpaired) electrons. The van der Waals surface area contributed by atoms with Gasteiger partial charge in [0.1, 0.15) is 5.82 Å². The Kier molecular flexibility index (Phi) is 4.34. The summed E-state index contributed by atoms with van der Waals surface area (Å²) >= 11 is 0. The quantitative estimate of drug-likeness (QED) is 0.910. The molecule has 0 spiro atoms. The molecule has 2 rings (SSSR count). The molecule has 6 heteroatoms. The predicted octanol–water partition coefficient (Wildman–Crippen LogP) is 1.45. The van der Waals surface area contributed by atoms with Crippen molar-refractivity contribution in [1.82, 2.24) is 4.90 Å². The molecule has 1 amide bonds. The van der Waals surface area contributed by atoms with Crippen molar-refractivity contribution in [1.29, 1.82) is 0 Å². The van der Waals surface area contributed by atoms with E-state index < -0.39 is 23.8 Å². The van der Waals surface area contributed by atoms with Gasteiger partial charge in [0.05, 0.1) is 24.7 Å². The number of aliphatic carboxylic acids is 1. The van der Waals surface area contributed by atoms with Crippen LogP contribution in [-0.2, 0) is 9.53 Å². The number of morpholine rings is 1. The molecule has 1 aliphatic rings. The Balaban J connectivity index is 2.12. The third kappa shape index (κ3) is 3.33. The van der Waals surface area contributed by atoms with Crippen LogP contribution in [0.25, 0.3) is 0 Å². The van der Waals surface area contributed by atoms with Gasteiger partial charge >= 0.3 is 5.97 Å². The Hall–Kier alpha value is -1.95. The Morgan fingerprint density at radius 3 is 2.95 bits per heavy atom. The highest BCUT2D eigenvalue weighted by atomic mass is 19.1. The predicted molar refractivity (Wildman–Crippen MR) is 69.0 cm³/mol. The van der Waals surface area contributed by atoms with Crippen LogP contribution >= 0.6 is 0 Å². The Morgan fingerprint density at radius 2 is 2.25 bits per heavy atom. The molecule has 20 heavy (non-hydrogen) atoms. The molecule has 1 atom stereocenters. The smallest absolute Gasteiger partial charge is 0.306 e. The van der Waals surface area contributed by atoms with E-state index in [9.17, 15) is 14.0 Å². The van der Waals surface area contributed by atoms with Gasteiger partial charge in [0.25, 0.3) is 5.91 Å². The molecule has 0 aromatic heterocycles. The third-order valence-electron chi connectivity index (χ3n) is 3.18. The topological polar surface area (TPSA) is 66.8 Å². The standard InChI is InChI=1S/C14H16FNO4/c1-9-2-3-12(15)11(6-9)14(19)16-4-5-20-10(8-16)7-13(17)18/h2-3,6,10H,4-5,7-8H2,1H3,(H,17,18)/t10-/m0/s1. The van der Waals surface area contributed by atoms with Crippen molar-refractivity contribution >= 4 is 11.9 Å². The fraction of sp³-hybridized carbons (Fsp3) is 0.429. The van der Waals surface area contributed by atoms with Crippen LogP contribution in [0.15, 0.2) is 18.2 Å². The number of nitrogens with zero attached hydrogens (tertiary/aromatic N) is 1. The summed E-state index contributed by atoms with van der Waals surface area (Å²) in [5.41, 5.74) is 0.811. The Bertz CT molecular complexity index is 532. The van der Waals surface area contributed by atoms with E-state index in [0.717, 1.165) is 5.56 Å². The number of carboxylic acids is 1. The van der Waals surface area contributed by atoms with Gasteiger partial charge in [0.15, 0.2) is 0 Å². The van der Waals surface area contributed by atoms with E-state index in [-0.39, 0.29) is 25.1 Å². The van der Waals surface area contributed by atoms with Crippen molar-refractivity contribution in [3.05, 3.63) is 35.1 Å². The molecule has 5 nitrogen and oxygen atoms in total. The SMILES string of the molecule is Cc1ccc(F)c(C(=O)N2CCO[C@@H](CC(=O)O)C2)c1. The maximum atomic E-state index is 13.7. The normalized spacial score (nSPS) is 18.9. The number of carbonyl (C=O) groups is 2. The number of halogens is 1. The molecule has 0 unspecified atom stereocenters. The summed E-state index contributed by atoms with van der Waals surface area (Å²) < 4.78 is 19.0. The van der Waals surface area contributed by atoms with Crippen molar-refractivity contribution in [3.8, 4) is 0 Å². The largest absolute Gasteiger partial charge is 0.481 e. The second-order valence-electron chi connectivity index (χ2n) is 4.83. The van der Waals surface area contributed by atoms with E-state index in [0.29, 0.717) is 6.54 Å². The fourth-order valence-corrected chi connectivity index (χ4v) is 2.20. The van der Waals surface area contributed by atoms with Gasteiger partial charge < -0.3 is 14.7 Å². The van der Waals surface area contributed by atoms with Crippen LogP contribution in [0.3, 0.4) is 0 Å². The molecule has 0 aliphatic carbocycles. The number of carboxylic acid groups (broad SMARTS) is 1. The first-order chi connectivity index (χ1) is 9.47. The second kappa shape index (κ2) is 6.00. The van der Waals surface area contributed by atoms with E-state index >= 15 is 0 Å². The summed E-state index contributed by atoms with van der Waals surface area (Å²) in [7, 11) is 0. The van der Waals surface area contributed by atoms with Crippen LogP contribution in [0.5, 0.6) is 0 Å². The molecule has 1 heterocycles. The van der Waals surface area contributed by atoms with E-state index in [1.165, 1.54) is 17.0 Å². The molecule has 1 N–H and O–H groups in total. The van der Waals surface area contributed by atoms with Crippen LogP contribution in [-0.4, -0.2) is 47.7 Å². The van der Waals surface area contributed by atoms with Crippen LogP contribution in [0.4, 0.5) is 4.39 Å². The number of ether oxygens (including phenoxy) is 1. The number of aryl methyl sites for hydroxylation is 1. The lowest BCUT2D eigenvalue weighted by Crippen LogP contribution is -2.46. The van der Waals surface area contributed by atoms with Gasteiger partial charge in [-0.1, -0.05) is 11.6 Å². The van der Waals surface area contributed by atoms with Crippen molar-refractivity contribution in [2.45, 2.75) is 19.4 Å². The first-order valence-electron chi connectivity index (χ1n) is 6.36. The van der Waals surface area contributed by atoms with Crippen molar-refractivity contribution in [2.24, 2.45) is 0 Å². The van der Waals surface area contributed by atoms with Gasteiger partial charge in [0.2, 0.25) is 0 Å². The third-order valence-corrected chi connectivity index (χ3v) is 3.18. The van der Waals surface area contributed by atoms with Crippen LogP contribution in [0, 0.1) is 12.7 Å². The van der Waals surface area contributed by atoms with E-state index in [1.54, 1.807) is 13.0 Å². The summed E-state index contributed by atoms with van der Waals surface area (Å²) in [5, 5.41) is 8.74. The van der Waals surface area contributed by atoms with E-state index in [2.05, 4.69) is 0 Å². The van der Waals surface area contributed by atoms with Gasteiger partial charge in [-0.05, 0) is 19.1 Å². The number of rotatable bonds is 3. The van der Waals surface area contributed by atoms with Crippen LogP contribution in [0.2, 0.25) is 0 Å². The molecule has 0 saturated carbocycles. The summed E-state index contributed by atoms with van der Waals surface area (Å²) in [6, 6.07) is 4.36. The van der Waals surface area contributed by atoms with E-state index in [1.807, 2.05) is 0 Å². The number of hydrogen-bond donors (Lipinski definition) is 1. The van der Waals surface area contributed by atoms with Crippen LogP contribution < -0.4 is 0 Å².